The Bertz CT molecular complexity index is 407. The van der Waals surface area contributed by atoms with Crippen LogP contribution in [0.4, 0.5) is 0 Å². The minimum atomic E-state index is -1.07. The fraction of sp³-hybridized carbons (Fsp3) is 0.500. The van der Waals surface area contributed by atoms with Crippen molar-refractivity contribution in [2.75, 3.05) is 20.6 Å². The monoisotopic (exact) mass is 293 g/mol. The van der Waals surface area contributed by atoms with Crippen LogP contribution in [-0.4, -0.2) is 47.8 Å². The van der Waals surface area contributed by atoms with Crippen molar-refractivity contribution in [2.24, 2.45) is 5.73 Å². The van der Waals surface area contributed by atoms with Crippen molar-refractivity contribution in [1.29, 1.82) is 0 Å². The quantitative estimate of drug-likeness (QED) is 0.442. The number of aromatic carboxylic acids is 1. The van der Waals surface area contributed by atoms with Gasteiger partial charge in [-0.25, -0.2) is 9.78 Å². The summed E-state index contributed by atoms with van der Waals surface area (Å²) in [7, 11) is 3.96. The Balaban J connectivity index is 0. The summed E-state index contributed by atoms with van der Waals surface area (Å²) in [6, 6.07) is 2.99. The van der Waals surface area contributed by atoms with E-state index in [1.807, 2.05) is 14.1 Å². The van der Waals surface area contributed by atoms with Crippen molar-refractivity contribution >= 4 is 5.97 Å². The maximum absolute atomic E-state index is 10.9. The van der Waals surface area contributed by atoms with Crippen LogP contribution in [0.2, 0.25) is 0 Å². The second-order valence-corrected chi connectivity index (χ2v) is 4.26. The van der Waals surface area contributed by atoms with Crippen LogP contribution in [0.3, 0.4) is 0 Å². The maximum Gasteiger partial charge on any atom is 1.00 e. The molecule has 0 aromatic carbocycles. The fourth-order valence-corrected chi connectivity index (χ4v) is 1.46. The van der Waals surface area contributed by atoms with E-state index in [0.717, 1.165) is 13.0 Å². The van der Waals surface area contributed by atoms with E-state index >= 15 is 0 Å². The second kappa shape index (κ2) is 9.81. The molecule has 6 nitrogen and oxygen atoms in total. The van der Waals surface area contributed by atoms with Gasteiger partial charge in [0.15, 0.2) is 0 Å². The number of pyridine rings is 1. The topological polar surface area (TPSA) is 88.7 Å². The Labute approximate surface area is 157 Å². The van der Waals surface area contributed by atoms with E-state index in [4.69, 9.17) is 15.6 Å². The summed E-state index contributed by atoms with van der Waals surface area (Å²) < 4.78 is 5.36. The minimum absolute atomic E-state index is 0. The van der Waals surface area contributed by atoms with Crippen LogP contribution in [0, 0.1) is 0 Å². The molecule has 1 unspecified atom stereocenters. The molecular weight excluding hydrogens is 273 g/mol. The van der Waals surface area contributed by atoms with Crippen LogP contribution in [0.1, 0.15) is 24.6 Å². The molecule has 1 aromatic rings. The fourth-order valence-electron chi connectivity index (χ4n) is 1.46. The first-order valence-electron chi connectivity index (χ1n) is 5.76. The van der Waals surface area contributed by atoms with E-state index in [1.54, 1.807) is 6.07 Å². The predicted octanol–water partition coefficient (Wildman–Crippen LogP) is -2.10. The summed E-state index contributed by atoms with van der Waals surface area (Å²) in [6.45, 7) is 0.908. The van der Waals surface area contributed by atoms with Gasteiger partial charge in [0.05, 0.1) is 0 Å². The van der Waals surface area contributed by atoms with Gasteiger partial charge in [0.2, 0.25) is 5.88 Å². The number of nitrogens with two attached hydrogens (primary N) is 1. The van der Waals surface area contributed by atoms with Crippen LogP contribution in [0.5, 0.6) is 5.88 Å². The van der Waals surface area contributed by atoms with Crippen LogP contribution >= 0.6 is 0 Å². The largest absolute Gasteiger partial charge is 1.00 e. The number of rotatable bonds is 7. The van der Waals surface area contributed by atoms with E-state index in [9.17, 15) is 4.79 Å². The summed E-state index contributed by atoms with van der Waals surface area (Å²) in [5.41, 5.74) is 5.82. The maximum atomic E-state index is 10.9. The Hall–Kier alpha value is -0.0236. The molecule has 1 heterocycles. The molecule has 0 aliphatic carbocycles. The van der Waals surface area contributed by atoms with Crippen molar-refractivity contribution < 1.29 is 67.4 Å². The molecule has 0 aliphatic rings. The molecule has 0 bridgehead atoms. The van der Waals surface area contributed by atoms with Crippen LogP contribution in [0.15, 0.2) is 18.3 Å². The van der Waals surface area contributed by atoms with Crippen molar-refractivity contribution in [1.82, 2.24) is 9.88 Å². The van der Waals surface area contributed by atoms with Gasteiger partial charge in [0.25, 0.3) is 0 Å². The van der Waals surface area contributed by atoms with Crippen molar-refractivity contribution in [3.05, 3.63) is 23.9 Å². The normalized spacial score (nSPS) is 11.8. The zero-order valence-corrected chi connectivity index (χ0v) is 14.8. The van der Waals surface area contributed by atoms with Crippen molar-refractivity contribution in [3.63, 3.8) is 0 Å². The van der Waals surface area contributed by atoms with Crippen molar-refractivity contribution in [3.8, 4) is 5.88 Å². The van der Waals surface area contributed by atoms with Gasteiger partial charge < -0.3 is 16.2 Å². The minimum Gasteiger partial charge on any atom is -1.00 e. The average molecular weight is 293 g/mol. The molecular formula is C12H20KN3O3. The van der Waals surface area contributed by atoms with Crippen LogP contribution < -0.4 is 61.9 Å². The standard InChI is InChI=1S/C12H19N3O3.K.H/c1-15(2)8-4-6-10(13)18-11-9(12(16)17)5-3-7-14-11;;/h3,5,7,10H,4,6,8,13H2,1-2H3,(H,16,17);;/q;+1;-1. The SMILES string of the molecule is CN(C)CCCC(N)Oc1ncccc1C(=O)O.[H-].[K+]. The smallest absolute Gasteiger partial charge is 1.00 e. The van der Waals surface area contributed by atoms with E-state index in [2.05, 4.69) is 9.88 Å². The zero-order chi connectivity index (χ0) is 13.5. The molecule has 0 radical (unpaired) electrons. The van der Waals surface area contributed by atoms with E-state index in [1.165, 1.54) is 12.3 Å². The van der Waals surface area contributed by atoms with E-state index < -0.39 is 12.2 Å². The van der Waals surface area contributed by atoms with Crippen LogP contribution in [0.25, 0.3) is 0 Å². The molecule has 0 saturated carbocycles. The molecule has 0 fully saturated rings. The Morgan fingerprint density at radius 1 is 1.63 bits per heavy atom. The molecule has 0 spiro atoms. The molecule has 1 atom stereocenters. The van der Waals surface area contributed by atoms with Gasteiger partial charge in [-0.15, -0.1) is 0 Å². The Morgan fingerprint density at radius 2 is 2.32 bits per heavy atom. The molecule has 102 valence electrons. The van der Waals surface area contributed by atoms with Gasteiger partial charge >= 0.3 is 57.4 Å². The van der Waals surface area contributed by atoms with Crippen molar-refractivity contribution in [2.45, 2.75) is 19.1 Å². The molecule has 0 aliphatic heterocycles. The third-order valence-electron chi connectivity index (χ3n) is 2.36. The first-order valence-corrected chi connectivity index (χ1v) is 5.76. The van der Waals surface area contributed by atoms with Gasteiger partial charge in [-0.05, 0) is 45.6 Å². The first kappa shape index (κ1) is 19.0. The molecule has 1 rings (SSSR count). The van der Waals surface area contributed by atoms with Gasteiger partial charge in [0, 0.05) is 6.20 Å². The molecule has 19 heavy (non-hydrogen) atoms. The van der Waals surface area contributed by atoms with Gasteiger partial charge in [-0.1, -0.05) is 0 Å². The third-order valence-corrected chi connectivity index (χ3v) is 2.36. The number of carboxylic acids is 1. The summed E-state index contributed by atoms with van der Waals surface area (Å²) >= 11 is 0. The van der Waals surface area contributed by atoms with Gasteiger partial charge in [0.1, 0.15) is 11.8 Å². The number of hydrogen-bond acceptors (Lipinski definition) is 5. The number of ether oxygens (including phenoxy) is 1. The number of nitrogens with zero attached hydrogens (tertiary/aromatic N) is 2. The predicted molar refractivity (Wildman–Crippen MR) is 68.7 cm³/mol. The summed E-state index contributed by atoms with van der Waals surface area (Å²) in [4.78, 5) is 16.9. The number of carbonyl (C=O) groups is 1. The average Bonchev–Trinajstić information content (AvgIpc) is 2.28. The van der Waals surface area contributed by atoms with E-state index in [-0.39, 0.29) is 64.3 Å². The Morgan fingerprint density at radius 3 is 2.89 bits per heavy atom. The van der Waals surface area contributed by atoms with Gasteiger partial charge in [-0.3, -0.25) is 5.73 Å². The van der Waals surface area contributed by atoms with E-state index in [0.29, 0.717) is 6.42 Å². The second-order valence-electron chi connectivity index (χ2n) is 4.26. The summed E-state index contributed by atoms with van der Waals surface area (Å²) in [5.74, 6) is -0.999. The van der Waals surface area contributed by atoms with Crippen LogP contribution in [-0.2, 0) is 0 Å². The number of aromatic nitrogens is 1. The molecule has 0 amide bonds. The molecule has 0 saturated heterocycles. The number of carboxylic acid groups (broad SMARTS) is 1. The third kappa shape index (κ3) is 7.36. The first-order chi connectivity index (χ1) is 8.50. The molecule has 3 N–H and O–H groups in total. The molecule has 1 aromatic heterocycles. The zero-order valence-electron chi connectivity index (χ0n) is 12.7. The van der Waals surface area contributed by atoms with Gasteiger partial charge in [-0.2, -0.15) is 0 Å². The number of hydrogen-bond donors (Lipinski definition) is 2. The molecule has 7 heteroatoms. The Kier molecular flexibility index (Phi) is 9.80. The summed E-state index contributed by atoms with van der Waals surface area (Å²) in [5, 5.41) is 8.96. The summed E-state index contributed by atoms with van der Waals surface area (Å²) in [6.07, 6.45) is 2.46.